The van der Waals surface area contributed by atoms with Gasteiger partial charge >= 0.3 is 23.7 Å². The summed E-state index contributed by atoms with van der Waals surface area (Å²) in [5, 5.41) is 0. The standard InChI is InChI=1S/C21H15F6N3O4S/c1-11-9-28-7-6-12(11)10-29-18(33)30(13-2-4-14(5-3-13)35-21(25,26)27)16(31)19(29)8-15(19)34-17(32)20(22,23)24/h2-7,9,15H,8,10H2,1H3. The number of hydrogen-bond acceptors (Lipinski definition) is 6. The largest absolute Gasteiger partial charge is 0.490 e. The van der Waals surface area contributed by atoms with Crippen molar-refractivity contribution in [1.29, 1.82) is 0 Å². The lowest BCUT2D eigenvalue weighted by Crippen LogP contribution is -2.42. The molecule has 1 aliphatic carbocycles. The van der Waals surface area contributed by atoms with Crippen LogP contribution in [0.3, 0.4) is 0 Å². The van der Waals surface area contributed by atoms with Crippen molar-refractivity contribution in [2.24, 2.45) is 0 Å². The summed E-state index contributed by atoms with van der Waals surface area (Å²) in [6.07, 6.45) is -4.27. The van der Waals surface area contributed by atoms with Crippen molar-refractivity contribution in [2.45, 2.75) is 48.1 Å². The molecule has 1 saturated carbocycles. The molecule has 2 aromatic rings. The van der Waals surface area contributed by atoms with Crippen molar-refractivity contribution in [3.63, 3.8) is 0 Å². The molecule has 0 N–H and O–H groups in total. The van der Waals surface area contributed by atoms with Crippen LogP contribution >= 0.6 is 11.8 Å². The number of esters is 1. The number of amides is 3. The predicted octanol–water partition coefficient (Wildman–Crippen LogP) is 4.59. The van der Waals surface area contributed by atoms with Crippen molar-refractivity contribution in [1.82, 2.24) is 9.88 Å². The number of alkyl halides is 6. The smallest absolute Gasteiger partial charge is 0.453 e. The number of carbonyl (C=O) groups excluding carboxylic acids is 3. The first-order chi connectivity index (χ1) is 16.2. The van der Waals surface area contributed by atoms with Gasteiger partial charge < -0.3 is 9.64 Å². The summed E-state index contributed by atoms with van der Waals surface area (Å²) in [6.45, 7) is 1.48. The first-order valence-corrected chi connectivity index (χ1v) is 10.7. The van der Waals surface area contributed by atoms with E-state index in [2.05, 4.69) is 9.72 Å². The van der Waals surface area contributed by atoms with E-state index in [1.54, 1.807) is 13.0 Å². The molecule has 14 heteroatoms. The zero-order valence-corrected chi connectivity index (χ0v) is 18.5. The number of thioether (sulfide) groups is 1. The molecule has 3 amide bonds. The molecule has 2 heterocycles. The maximum Gasteiger partial charge on any atom is 0.490 e. The molecule has 35 heavy (non-hydrogen) atoms. The van der Waals surface area contributed by atoms with Crippen LogP contribution in [0.25, 0.3) is 0 Å². The number of carbonyl (C=O) groups is 3. The van der Waals surface area contributed by atoms with Crippen LogP contribution < -0.4 is 4.90 Å². The molecule has 2 atom stereocenters. The number of anilines is 1. The van der Waals surface area contributed by atoms with Crippen LogP contribution in [0.2, 0.25) is 0 Å². The van der Waals surface area contributed by atoms with E-state index in [0.717, 1.165) is 29.2 Å². The quantitative estimate of drug-likeness (QED) is 0.249. The summed E-state index contributed by atoms with van der Waals surface area (Å²) in [5.41, 5.74) is -5.31. The summed E-state index contributed by atoms with van der Waals surface area (Å²) < 4.78 is 80.5. The van der Waals surface area contributed by atoms with Crippen molar-refractivity contribution < 1.29 is 45.5 Å². The van der Waals surface area contributed by atoms with Crippen LogP contribution in [0.4, 0.5) is 36.8 Å². The van der Waals surface area contributed by atoms with Gasteiger partial charge in [0.25, 0.3) is 5.91 Å². The third kappa shape index (κ3) is 4.66. The summed E-state index contributed by atoms with van der Waals surface area (Å²) in [7, 11) is 0. The fourth-order valence-corrected chi connectivity index (χ4v) is 4.38. The number of aromatic nitrogens is 1. The Labute approximate surface area is 198 Å². The summed E-state index contributed by atoms with van der Waals surface area (Å²) in [4.78, 5) is 43.4. The normalized spacial score (nSPS) is 22.2. The van der Waals surface area contributed by atoms with Gasteiger partial charge in [-0.25, -0.2) is 14.5 Å². The highest BCUT2D eigenvalue weighted by molar-refractivity contribution is 8.00. The van der Waals surface area contributed by atoms with E-state index in [4.69, 9.17) is 0 Å². The highest BCUT2D eigenvalue weighted by Gasteiger charge is 2.75. The van der Waals surface area contributed by atoms with Crippen molar-refractivity contribution in [3.8, 4) is 0 Å². The Bertz CT molecular complexity index is 1190. The van der Waals surface area contributed by atoms with E-state index in [9.17, 15) is 40.7 Å². The third-order valence-electron chi connectivity index (χ3n) is 5.62. The average molecular weight is 519 g/mol. The lowest BCUT2D eigenvalue weighted by atomic mass is 10.1. The zero-order chi connectivity index (χ0) is 25.8. The highest BCUT2D eigenvalue weighted by Crippen LogP contribution is 2.52. The summed E-state index contributed by atoms with van der Waals surface area (Å²) in [6, 6.07) is 5.02. The minimum absolute atomic E-state index is 0.0763. The van der Waals surface area contributed by atoms with Gasteiger partial charge in [0.15, 0.2) is 5.54 Å². The minimum Gasteiger partial charge on any atom is -0.453 e. The van der Waals surface area contributed by atoms with E-state index < -0.39 is 41.2 Å². The lowest BCUT2D eigenvalue weighted by Gasteiger charge is -2.23. The molecule has 1 aromatic carbocycles. The number of imide groups is 1. The van der Waals surface area contributed by atoms with Gasteiger partial charge in [0.05, 0.1) is 5.69 Å². The summed E-state index contributed by atoms with van der Waals surface area (Å²) >= 11 is -0.390. The van der Waals surface area contributed by atoms with Crippen LogP contribution in [-0.2, 0) is 20.9 Å². The summed E-state index contributed by atoms with van der Waals surface area (Å²) in [5.74, 6) is -3.43. The maximum absolute atomic E-state index is 13.3. The molecule has 4 rings (SSSR count). The number of urea groups is 1. The van der Waals surface area contributed by atoms with Crippen LogP contribution in [-0.4, -0.2) is 51.1 Å². The fraction of sp³-hybridized carbons (Fsp3) is 0.333. The number of aryl methyl sites for hydroxylation is 1. The van der Waals surface area contributed by atoms with Gasteiger partial charge in [0.2, 0.25) is 0 Å². The number of nitrogens with zero attached hydrogens (tertiary/aromatic N) is 3. The molecule has 0 radical (unpaired) electrons. The molecular formula is C21H15F6N3O4S. The van der Waals surface area contributed by atoms with Gasteiger partial charge in [0, 0.05) is 30.3 Å². The van der Waals surface area contributed by atoms with Gasteiger partial charge in [-0.2, -0.15) is 26.3 Å². The van der Waals surface area contributed by atoms with Crippen molar-refractivity contribution in [2.75, 3.05) is 4.90 Å². The van der Waals surface area contributed by atoms with E-state index in [1.807, 2.05) is 0 Å². The fourth-order valence-electron chi connectivity index (χ4n) is 3.84. The number of ether oxygens (including phenoxy) is 1. The van der Waals surface area contributed by atoms with E-state index in [1.165, 1.54) is 12.4 Å². The van der Waals surface area contributed by atoms with Gasteiger partial charge in [-0.05, 0) is 60.1 Å². The van der Waals surface area contributed by atoms with Crippen molar-refractivity contribution in [3.05, 3.63) is 53.9 Å². The maximum atomic E-state index is 13.3. The number of benzene rings is 1. The average Bonchev–Trinajstić information content (AvgIpc) is 3.42. The number of rotatable bonds is 5. The van der Waals surface area contributed by atoms with Crippen LogP contribution in [0.5, 0.6) is 0 Å². The Morgan fingerprint density at radius 3 is 2.37 bits per heavy atom. The second-order valence-electron chi connectivity index (χ2n) is 7.87. The van der Waals surface area contributed by atoms with E-state index in [0.29, 0.717) is 16.0 Å². The third-order valence-corrected chi connectivity index (χ3v) is 6.36. The lowest BCUT2D eigenvalue weighted by molar-refractivity contribution is -0.202. The number of pyridine rings is 1. The molecule has 0 bridgehead atoms. The van der Waals surface area contributed by atoms with Crippen LogP contribution in [0.1, 0.15) is 17.5 Å². The topological polar surface area (TPSA) is 79.8 Å². The Morgan fingerprint density at radius 2 is 1.80 bits per heavy atom. The Morgan fingerprint density at radius 1 is 1.14 bits per heavy atom. The second-order valence-corrected chi connectivity index (χ2v) is 9.01. The van der Waals surface area contributed by atoms with Gasteiger partial charge in [-0.15, -0.1) is 0 Å². The van der Waals surface area contributed by atoms with Crippen molar-refractivity contribution >= 4 is 35.4 Å². The molecule has 2 unspecified atom stereocenters. The number of hydrogen-bond donors (Lipinski definition) is 0. The van der Waals surface area contributed by atoms with Crippen LogP contribution in [0.15, 0.2) is 47.6 Å². The number of halogens is 6. The molecule has 186 valence electrons. The first-order valence-electron chi connectivity index (χ1n) is 9.93. The molecule has 2 fully saturated rings. The van der Waals surface area contributed by atoms with E-state index in [-0.39, 0.29) is 35.3 Å². The Kier molecular flexibility index (Phi) is 5.98. The molecule has 7 nitrogen and oxygen atoms in total. The predicted molar refractivity (Wildman–Crippen MR) is 109 cm³/mol. The second kappa shape index (κ2) is 8.43. The Hall–Kier alpha value is -3.29. The molecule has 1 spiro atoms. The molecule has 1 aromatic heterocycles. The van der Waals surface area contributed by atoms with Gasteiger partial charge in [0.1, 0.15) is 6.10 Å². The monoisotopic (exact) mass is 519 g/mol. The Balaban J connectivity index is 1.67. The molecule has 1 saturated heterocycles. The highest BCUT2D eigenvalue weighted by atomic mass is 32.2. The molecule has 2 aliphatic rings. The SMILES string of the molecule is Cc1cnccc1CN1C(=O)N(c2ccc(SC(F)(F)F)cc2)C(=O)C12CC2OC(=O)C(F)(F)F. The molecular weight excluding hydrogens is 504 g/mol. The zero-order valence-electron chi connectivity index (χ0n) is 17.7. The van der Waals surface area contributed by atoms with Gasteiger partial charge in [-0.3, -0.25) is 9.78 Å². The first kappa shape index (κ1) is 24.8. The van der Waals surface area contributed by atoms with E-state index >= 15 is 0 Å². The molecule has 1 aliphatic heterocycles. The minimum atomic E-state index is -5.30. The van der Waals surface area contributed by atoms with Gasteiger partial charge in [-0.1, -0.05) is 0 Å². The van der Waals surface area contributed by atoms with Crippen LogP contribution in [0, 0.1) is 6.92 Å².